The number of ether oxygens (including phenoxy) is 2. The highest BCUT2D eigenvalue weighted by Gasteiger charge is 2.05. The quantitative estimate of drug-likeness (QED) is 0.557. The van der Waals surface area contributed by atoms with E-state index in [0.717, 1.165) is 48.5 Å². The van der Waals surface area contributed by atoms with E-state index < -0.39 is 0 Å². The van der Waals surface area contributed by atoms with Crippen LogP contribution in [-0.4, -0.2) is 19.8 Å². The lowest BCUT2D eigenvalue weighted by atomic mass is 10.2. The summed E-state index contributed by atoms with van der Waals surface area (Å²) in [7, 11) is 0. The summed E-state index contributed by atoms with van der Waals surface area (Å²) in [4.78, 5) is 0. The highest BCUT2D eigenvalue weighted by molar-refractivity contribution is 9.10. The van der Waals surface area contributed by atoms with Gasteiger partial charge in [0.25, 0.3) is 0 Å². The van der Waals surface area contributed by atoms with Gasteiger partial charge < -0.3 is 14.8 Å². The Morgan fingerprint density at radius 3 is 2.62 bits per heavy atom. The Bertz CT molecular complexity index is 581. The normalized spacial score (nSPS) is 10.2. The fraction of sp³-hybridized carbons (Fsp3) is 0.368. The maximum absolute atomic E-state index is 5.99. The molecule has 3 nitrogen and oxygen atoms in total. The van der Waals surface area contributed by atoms with Gasteiger partial charge in [-0.3, -0.25) is 0 Å². The van der Waals surface area contributed by atoms with Gasteiger partial charge in [-0.15, -0.1) is 12.4 Å². The minimum Gasteiger partial charge on any atom is -0.489 e. The fourth-order valence-electron chi connectivity index (χ4n) is 2.23. The summed E-state index contributed by atoms with van der Waals surface area (Å²) in [6.07, 6.45) is 1.02. The van der Waals surface area contributed by atoms with Crippen molar-refractivity contribution in [3.8, 4) is 5.75 Å². The van der Waals surface area contributed by atoms with E-state index in [2.05, 4.69) is 39.4 Å². The van der Waals surface area contributed by atoms with Crippen LogP contribution in [0.25, 0.3) is 0 Å². The van der Waals surface area contributed by atoms with Crippen LogP contribution >= 0.6 is 28.3 Å². The molecule has 0 aliphatic rings. The molecule has 2 aromatic carbocycles. The van der Waals surface area contributed by atoms with E-state index in [9.17, 15) is 0 Å². The Hall–Kier alpha value is -1.07. The fourth-order valence-corrected chi connectivity index (χ4v) is 2.64. The van der Waals surface area contributed by atoms with Crippen molar-refractivity contribution in [3.63, 3.8) is 0 Å². The molecule has 0 aliphatic heterocycles. The summed E-state index contributed by atoms with van der Waals surface area (Å²) in [6, 6.07) is 16.4. The predicted octanol–water partition coefficient (Wildman–Crippen LogP) is 4.97. The van der Waals surface area contributed by atoms with Crippen LogP contribution in [0.2, 0.25) is 0 Å². The zero-order chi connectivity index (χ0) is 16.3. The third kappa shape index (κ3) is 7.67. The van der Waals surface area contributed by atoms with E-state index in [1.54, 1.807) is 0 Å². The second-order valence-corrected chi connectivity index (χ2v) is 6.17. The molecule has 0 saturated carbocycles. The van der Waals surface area contributed by atoms with Gasteiger partial charge in [0, 0.05) is 29.8 Å². The molecular weight excluding hydrogens is 390 g/mol. The topological polar surface area (TPSA) is 30.5 Å². The Labute approximate surface area is 159 Å². The molecule has 24 heavy (non-hydrogen) atoms. The zero-order valence-corrected chi connectivity index (χ0v) is 16.4. The highest BCUT2D eigenvalue weighted by atomic mass is 79.9. The summed E-state index contributed by atoms with van der Waals surface area (Å²) in [5.74, 6) is 0.925. The molecule has 5 heteroatoms. The maximum Gasteiger partial charge on any atom is 0.124 e. The molecule has 132 valence electrons. The molecule has 2 aromatic rings. The molecule has 0 radical (unpaired) electrons. The molecule has 0 aliphatic carbocycles. The van der Waals surface area contributed by atoms with E-state index >= 15 is 0 Å². The first-order valence-electron chi connectivity index (χ1n) is 8.03. The van der Waals surface area contributed by atoms with Gasteiger partial charge >= 0.3 is 0 Å². The van der Waals surface area contributed by atoms with E-state index in [0.29, 0.717) is 6.61 Å². The van der Waals surface area contributed by atoms with Crippen molar-refractivity contribution >= 4 is 28.3 Å². The molecule has 2 rings (SSSR count). The Morgan fingerprint density at radius 1 is 1.08 bits per heavy atom. The standard InChI is InChI=1S/C19H24BrNO2.ClH/c1-2-22-12-6-11-21-14-17-13-18(20)9-10-19(17)23-15-16-7-4-3-5-8-16;/h3-5,7-10,13,21H,2,6,11-12,14-15H2,1H3;1H. The van der Waals surface area contributed by atoms with Crippen LogP contribution in [0.3, 0.4) is 0 Å². The second-order valence-electron chi connectivity index (χ2n) is 5.25. The van der Waals surface area contributed by atoms with E-state index in [1.165, 1.54) is 5.56 Å². The second kappa shape index (κ2) is 12.3. The summed E-state index contributed by atoms with van der Waals surface area (Å²) < 4.78 is 12.4. The number of nitrogens with one attached hydrogen (secondary N) is 1. The lowest BCUT2D eigenvalue weighted by Crippen LogP contribution is -2.17. The Kier molecular flexibility index (Phi) is 10.8. The molecule has 0 heterocycles. The van der Waals surface area contributed by atoms with E-state index in [1.807, 2.05) is 37.3 Å². The molecule has 0 aromatic heterocycles. The summed E-state index contributed by atoms with van der Waals surface area (Å²) in [5.41, 5.74) is 2.33. The van der Waals surface area contributed by atoms with Crippen molar-refractivity contribution in [3.05, 3.63) is 64.1 Å². The van der Waals surface area contributed by atoms with E-state index in [-0.39, 0.29) is 12.4 Å². The van der Waals surface area contributed by atoms with Crippen LogP contribution in [0, 0.1) is 0 Å². The molecule has 0 saturated heterocycles. The first-order valence-corrected chi connectivity index (χ1v) is 8.82. The van der Waals surface area contributed by atoms with Gasteiger partial charge in [0.1, 0.15) is 12.4 Å². The van der Waals surface area contributed by atoms with Crippen LogP contribution in [0.1, 0.15) is 24.5 Å². The first kappa shape index (κ1) is 21.0. The number of hydrogen-bond donors (Lipinski definition) is 1. The average molecular weight is 415 g/mol. The Balaban J connectivity index is 0.00000288. The molecular formula is C19H25BrClNO2. The third-order valence-electron chi connectivity index (χ3n) is 3.42. The van der Waals surface area contributed by atoms with Crippen LogP contribution in [0.15, 0.2) is 53.0 Å². The first-order chi connectivity index (χ1) is 11.3. The van der Waals surface area contributed by atoms with Gasteiger partial charge in [0.05, 0.1) is 0 Å². The predicted molar refractivity (Wildman–Crippen MR) is 105 cm³/mol. The minimum atomic E-state index is 0. The van der Waals surface area contributed by atoms with Crippen molar-refractivity contribution in [2.45, 2.75) is 26.5 Å². The van der Waals surface area contributed by atoms with Gasteiger partial charge in [-0.1, -0.05) is 46.3 Å². The highest BCUT2D eigenvalue weighted by Crippen LogP contribution is 2.24. The molecule has 1 N–H and O–H groups in total. The number of hydrogen-bond acceptors (Lipinski definition) is 3. The summed E-state index contributed by atoms with van der Waals surface area (Å²) in [5, 5.41) is 3.45. The smallest absolute Gasteiger partial charge is 0.124 e. The number of rotatable bonds is 10. The molecule has 0 unspecified atom stereocenters. The van der Waals surface area contributed by atoms with Crippen molar-refractivity contribution in [1.29, 1.82) is 0 Å². The minimum absolute atomic E-state index is 0. The van der Waals surface area contributed by atoms with Crippen molar-refractivity contribution < 1.29 is 9.47 Å². The summed E-state index contributed by atoms with van der Waals surface area (Å²) >= 11 is 3.53. The van der Waals surface area contributed by atoms with E-state index in [4.69, 9.17) is 9.47 Å². The molecule has 0 atom stereocenters. The Morgan fingerprint density at radius 2 is 1.88 bits per heavy atom. The number of benzene rings is 2. The summed E-state index contributed by atoms with van der Waals surface area (Å²) in [6.45, 7) is 5.91. The van der Waals surface area contributed by atoms with Gasteiger partial charge in [-0.25, -0.2) is 0 Å². The van der Waals surface area contributed by atoms with Crippen LogP contribution < -0.4 is 10.1 Å². The van der Waals surface area contributed by atoms with Crippen LogP contribution in [0.4, 0.5) is 0 Å². The average Bonchev–Trinajstić information content (AvgIpc) is 2.58. The number of halogens is 2. The van der Waals surface area contributed by atoms with Gasteiger partial charge in [-0.2, -0.15) is 0 Å². The lowest BCUT2D eigenvalue weighted by Gasteiger charge is -2.13. The van der Waals surface area contributed by atoms with Crippen molar-refractivity contribution in [2.75, 3.05) is 19.8 Å². The van der Waals surface area contributed by atoms with Gasteiger partial charge in [-0.05, 0) is 43.7 Å². The van der Waals surface area contributed by atoms with Crippen LogP contribution in [0.5, 0.6) is 5.75 Å². The molecule has 0 fully saturated rings. The van der Waals surface area contributed by atoms with Crippen molar-refractivity contribution in [2.24, 2.45) is 0 Å². The monoisotopic (exact) mass is 413 g/mol. The molecule has 0 bridgehead atoms. The third-order valence-corrected chi connectivity index (χ3v) is 3.91. The zero-order valence-electron chi connectivity index (χ0n) is 14.0. The van der Waals surface area contributed by atoms with Gasteiger partial charge in [0.15, 0.2) is 0 Å². The van der Waals surface area contributed by atoms with Crippen molar-refractivity contribution in [1.82, 2.24) is 5.32 Å². The maximum atomic E-state index is 5.99. The molecule has 0 spiro atoms. The molecule has 0 amide bonds. The lowest BCUT2D eigenvalue weighted by molar-refractivity contribution is 0.144. The SMILES string of the molecule is CCOCCCNCc1cc(Br)ccc1OCc1ccccc1.Cl. The largest absolute Gasteiger partial charge is 0.489 e. The van der Waals surface area contributed by atoms with Crippen LogP contribution in [-0.2, 0) is 17.9 Å². The van der Waals surface area contributed by atoms with Gasteiger partial charge in [0.2, 0.25) is 0 Å².